The van der Waals surface area contributed by atoms with Crippen LogP contribution in [0.4, 0.5) is 5.82 Å². The van der Waals surface area contributed by atoms with Gasteiger partial charge in [-0.3, -0.25) is 4.79 Å². The van der Waals surface area contributed by atoms with Gasteiger partial charge in [-0.2, -0.15) is 0 Å². The van der Waals surface area contributed by atoms with Gasteiger partial charge in [0.25, 0.3) is 0 Å². The largest absolute Gasteiger partial charge is 0.461 e. The van der Waals surface area contributed by atoms with E-state index in [4.69, 9.17) is 4.74 Å². The highest BCUT2D eigenvalue weighted by Gasteiger charge is 2.27. The number of hydrogen-bond donors (Lipinski definition) is 0. The summed E-state index contributed by atoms with van der Waals surface area (Å²) in [6.07, 6.45) is 3.66. The molecule has 1 fully saturated rings. The van der Waals surface area contributed by atoms with Crippen molar-refractivity contribution in [1.82, 2.24) is 4.98 Å². The van der Waals surface area contributed by atoms with Crippen LogP contribution in [0.2, 0.25) is 0 Å². The molecule has 114 valence electrons. The van der Waals surface area contributed by atoms with Crippen molar-refractivity contribution < 1.29 is 9.53 Å². The van der Waals surface area contributed by atoms with Crippen LogP contribution in [-0.4, -0.2) is 24.0 Å². The lowest BCUT2D eigenvalue weighted by atomic mass is 9.98. The van der Waals surface area contributed by atoms with Crippen LogP contribution in [-0.2, 0) is 16.1 Å². The van der Waals surface area contributed by atoms with Gasteiger partial charge in [0, 0.05) is 19.3 Å². The van der Waals surface area contributed by atoms with E-state index in [1.54, 1.807) is 6.20 Å². The Morgan fingerprint density at radius 3 is 2.77 bits per heavy atom. The van der Waals surface area contributed by atoms with Gasteiger partial charge in [0.2, 0.25) is 0 Å². The summed E-state index contributed by atoms with van der Waals surface area (Å²) in [6.45, 7) is 1.98. The summed E-state index contributed by atoms with van der Waals surface area (Å²) in [5.74, 6) is 0.756. The molecule has 1 aliphatic rings. The maximum absolute atomic E-state index is 12.3. The van der Waals surface area contributed by atoms with Crippen molar-refractivity contribution in [3.63, 3.8) is 0 Å². The second kappa shape index (κ2) is 7.07. The molecule has 3 rings (SSSR count). The summed E-state index contributed by atoms with van der Waals surface area (Å²) in [5, 5.41) is 0. The van der Waals surface area contributed by atoms with Crippen LogP contribution in [0.15, 0.2) is 54.7 Å². The number of benzene rings is 1. The third kappa shape index (κ3) is 3.64. The van der Waals surface area contributed by atoms with Gasteiger partial charge in [0.1, 0.15) is 12.4 Å². The smallest absolute Gasteiger partial charge is 0.311 e. The predicted octanol–water partition coefficient (Wildman–Crippen LogP) is 3.04. The first-order chi connectivity index (χ1) is 10.8. The van der Waals surface area contributed by atoms with Crippen LogP contribution >= 0.6 is 0 Å². The Balaban J connectivity index is 1.56. The molecule has 0 radical (unpaired) electrons. The Morgan fingerprint density at radius 1 is 1.18 bits per heavy atom. The van der Waals surface area contributed by atoms with E-state index in [9.17, 15) is 4.79 Å². The van der Waals surface area contributed by atoms with Crippen molar-refractivity contribution in [3.8, 4) is 0 Å². The number of esters is 1. The Kier molecular flexibility index (Phi) is 4.68. The van der Waals surface area contributed by atoms with E-state index in [-0.39, 0.29) is 11.9 Å². The molecule has 0 N–H and O–H groups in total. The SMILES string of the molecule is O=C(OCc1ccccc1)[C@H]1CCCN(c2ccccn2)C1. The monoisotopic (exact) mass is 296 g/mol. The first-order valence-electron chi connectivity index (χ1n) is 7.69. The van der Waals surface area contributed by atoms with Gasteiger partial charge >= 0.3 is 5.97 Å². The quantitative estimate of drug-likeness (QED) is 0.813. The van der Waals surface area contributed by atoms with Crippen molar-refractivity contribution >= 4 is 11.8 Å². The lowest BCUT2D eigenvalue weighted by Gasteiger charge is -2.32. The van der Waals surface area contributed by atoms with Gasteiger partial charge in [0.05, 0.1) is 5.92 Å². The van der Waals surface area contributed by atoms with Crippen molar-refractivity contribution in [2.75, 3.05) is 18.0 Å². The standard InChI is InChI=1S/C18H20N2O2/c21-18(22-14-15-7-2-1-3-8-15)16-9-6-12-20(13-16)17-10-4-5-11-19-17/h1-5,7-8,10-11,16H,6,9,12-14H2/t16-/m0/s1. The molecular weight excluding hydrogens is 276 g/mol. The van der Waals surface area contributed by atoms with Gasteiger partial charge in [-0.25, -0.2) is 4.98 Å². The van der Waals surface area contributed by atoms with Crippen LogP contribution in [0.25, 0.3) is 0 Å². The third-order valence-electron chi connectivity index (χ3n) is 3.95. The lowest BCUT2D eigenvalue weighted by Crippen LogP contribution is -2.39. The number of rotatable bonds is 4. The zero-order valence-electron chi connectivity index (χ0n) is 12.5. The van der Waals surface area contributed by atoms with Crippen LogP contribution in [0.1, 0.15) is 18.4 Å². The molecule has 0 aliphatic carbocycles. The predicted molar refractivity (Wildman–Crippen MR) is 85.4 cm³/mol. The van der Waals surface area contributed by atoms with E-state index in [1.165, 1.54) is 0 Å². The number of carbonyl (C=O) groups excluding carboxylic acids is 1. The van der Waals surface area contributed by atoms with Gasteiger partial charge in [-0.15, -0.1) is 0 Å². The van der Waals surface area contributed by atoms with Crippen LogP contribution in [0.5, 0.6) is 0 Å². The summed E-state index contributed by atoms with van der Waals surface area (Å²) in [7, 11) is 0. The molecule has 2 heterocycles. The average Bonchev–Trinajstić information content (AvgIpc) is 2.61. The van der Waals surface area contributed by atoms with E-state index >= 15 is 0 Å². The Morgan fingerprint density at radius 2 is 2.00 bits per heavy atom. The first kappa shape index (κ1) is 14.6. The normalized spacial score (nSPS) is 18.0. The van der Waals surface area contributed by atoms with Crippen molar-refractivity contribution in [3.05, 3.63) is 60.3 Å². The fourth-order valence-corrected chi connectivity index (χ4v) is 2.76. The van der Waals surface area contributed by atoms with Gasteiger partial charge in [-0.05, 0) is 30.5 Å². The van der Waals surface area contributed by atoms with E-state index in [1.807, 2.05) is 48.5 Å². The maximum atomic E-state index is 12.3. The lowest BCUT2D eigenvalue weighted by molar-refractivity contribution is -0.150. The van der Waals surface area contributed by atoms with E-state index < -0.39 is 0 Å². The molecule has 0 bridgehead atoms. The molecule has 0 unspecified atom stereocenters. The molecule has 22 heavy (non-hydrogen) atoms. The highest BCUT2D eigenvalue weighted by molar-refractivity contribution is 5.73. The minimum atomic E-state index is -0.107. The number of ether oxygens (including phenoxy) is 1. The Labute approximate surface area is 130 Å². The van der Waals surface area contributed by atoms with Gasteiger partial charge in [0.15, 0.2) is 0 Å². The number of pyridine rings is 1. The summed E-state index contributed by atoms with van der Waals surface area (Å²) < 4.78 is 5.47. The average molecular weight is 296 g/mol. The topological polar surface area (TPSA) is 42.4 Å². The summed E-state index contributed by atoms with van der Waals surface area (Å²) in [6, 6.07) is 15.6. The molecule has 0 saturated carbocycles. The first-order valence-corrected chi connectivity index (χ1v) is 7.69. The number of aromatic nitrogens is 1. The van der Waals surface area contributed by atoms with E-state index in [0.717, 1.165) is 30.8 Å². The number of piperidine rings is 1. The van der Waals surface area contributed by atoms with Gasteiger partial charge in [-0.1, -0.05) is 36.4 Å². The highest BCUT2D eigenvalue weighted by Crippen LogP contribution is 2.22. The molecule has 4 nitrogen and oxygen atoms in total. The summed E-state index contributed by atoms with van der Waals surface area (Å²) in [5.41, 5.74) is 1.02. The highest BCUT2D eigenvalue weighted by atomic mass is 16.5. The van der Waals surface area contributed by atoms with Crippen LogP contribution in [0, 0.1) is 5.92 Å². The molecule has 2 aromatic rings. The third-order valence-corrected chi connectivity index (χ3v) is 3.95. The number of anilines is 1. The molecular formula is C18H20N2O2. The maximum Gasteiger partial charge on any atom is 0.311 e. The Bertz CT molecular complexity index is 601. The molecule has 0 spiro atoms. The second-order valence-electron chi connectivity index (χ2n) is 5.57. The Hall–Kier alpha value is -2.36. The summed E-state index contributed by atoms with van der Waals surface area (Å²) in [4.78, 5) is 18.8. The van der Waals surface area contributed by atoms with Crippen molar-refractivity contribution in [1.29, 1.82) is 0 Å². The molecule has 1 aromatic heterocycles. The molecule has 1 aliphatic heterocycles. The zero-order chi connectivity index (χ0) is 15.2. The minimum absolute atomic E-state index is 0.0699. The number of hydrogen-bond acceptors (Lipinski definition) is 4. The van der Waals surface area contributed by atoms with Crippen LogP contribution in [0.3, 0.4) is 0 Å². The van der Waals surface area contributed by atoms with Crippen LogP contribution < -0.4 is 4.90 Å². The molecule has 4 heteroatoms. The second-order valence-corrected chi connectivity index (χ2v) is 5.57. The van der Waals surface area contributed by atoms with Crippen molar-refractivity contribution in [2.45, 2.75) is 19.4 Å². The molecule has 1 atom stereocenters. The molecule has 1 aromatic carbocycles. The fourth-order valence-electron chi connectivity index (χ4n) is 2.76. The minimum Gasteiger partial charge on any atom is -0.461 e. The fraction of sp³-hybridized carbons (Fsp3) is 0.333. The summed E-state index contributed by atoms with van der Waals surface area (Å²) >= 11 is 0. The number of nitrogens with zero attached hydrogens (tertiary/aromatic N) is 2. The zero-order valence-corrected chi connectivity index (χ0v) is 12.5. The van der Waals surface area contributed by atoms with E-state index in [2.05, 4.69) is 9.88 Å². The van der Waals surface area contributed by atoms with Crippen molar-refractivity contribution in [2.24, 2.45) is 5.92 Å². The van der Waals surface area contributed by atoms with Gasteiger partial charge < -0.3 is 9.64 Å². The molecule has 0 amide bonds. The molecule has 1 saturated heterocycles. The van der Waals surface area contributed by atoms with E-state index in [0.29, 0.717) is 13.2 Å². The number of carbonyl (C=O) groups is 1.